The third kappa shape index (κ3) is 7.36. The van der Waals surface area contributed by atoms with E-state index in [0.717, 1.165) is 42.3 Å². The molecule has 2 N–H and O–H groups in total. The molecule has 14 nitrogen and oxygen atoms in total. The molecular weight excluding hydrogens is 890 g/mol. The summed E-state index contributed by atoms with van der Waals surface area (Å²) in [6, 6.07) is 10.6. The summed E-state index contributed by atoms with van der Waals surface area (Å²) < 4.78 is 121. The van der Waals surface area contributed by atoms with E-state index in [1.807, 2.05) is 10.9 Å². The SMILES string of the molecule is Cn1nc(NS(C)(=O)=O)c2c(Cl)ccc(-n3c([C@H](Cc4cc(F)cc(F)c4)NC(=O)Cn4nc(C(F)F)c5c4C(F)(F)[C@H]4C[C@@H]54)nc4cc(-c5ccn(CC6CC6)n5)ccc4c3=O)c21. The lowest BCUT2D eigenvalue weighted by molar-refractivity contribution is -0.123. The number of nitrogens with zero attached hydrogens (tertiary/aromatic N) is 8. The molecular formula is C42H35ClF6N10O4S. The van der Waals surface area contributed by atoms with E-state index in [0.29, 0.717) is 27.9 Å². The average molecular weight is 925 g/mol. The molecule has 1 amide bonds. The first-order valence-electron chi connectivity index (χ1n) is 20.1. The molecule has 4 aromatic heterocycles. The molecule has 0 radical (unpaired) electrons. The van der Waals surface area contributed by atoms with Crippen LogP contribution in [-0.2, 0) is 47.3 Å². The van der Waals surface area contributed by atoms with E-state index in [2.05, 4.69) is 20.2 Å². The Hall–Kier alpha value is -6.22. The molecule has 2 fully saturated rings. The van der Waals surface area contributed by atoms with Crippen LogP contribution in [0.3, 0.4) is 0 Å². The number of benzene rings is 3. The van der Waals surface area contributed by atoms with Crippen molar-refractivity contribution in [3.8, 4) is 16.9 Å². The molecule has 0 unspecified atom stereocenters. The van der Waals surface area contributed by atoms with Gasteiger partial charge in [0.05, 0.1) is 50.5 Å². The average Bonchev–Trinajstić information content (AvgIpc) is 4.05. The Morgan fingerprint density at radius 3 is 2.47 bits per heavy atom. The Morgan fingerprint density at radius 2 is 1.77 bits per heavy atom. The molecule has 2 saturated carbocycles. The van der Waals surface area contributed by atoms with Crippen molar-refractivity contribution in [2.45, 2.75) is 63.1 Å². The molecule has 10 rings (SSSR count). The quantitative estimate of drug-likeness (QED) is 0.114. The molecule has 3 atom stereocenters. The van der Waals surface area contributed by atoms with E-state index in [4.69, 9.17) is 21.7 Å². The van der Waals surface area contributed by atoms with Gasteiger partial charge in [0.2, 0.25) is 15.9 Å². The van der Waals surface area contributed by atoms with Crippen LogP contribution in [0, 0.1) is 23.5 Å². The molecule has 332 valence electrons. The van der Waals surface area contributed by atoms with E-state index in [-0.39, 0.29) is 61.7 Å². The van der Waals surface area contributed by atoms with Gasteiger partial charge in [0, 0.05) is 49.3 Å². The molecule has 0 saturated heterocycles. The molecule has 3 aliphatic rings. The number of aromatic nitrogens is 8. The number of amides is 1. The second-order valence-corrected chi connectivity index (χ2v) is 18.8. The fourth-order valence-corrected chi connectivity index (χ4v) is 9.66. The zero-order valence-electron chi connectivity index (χ0n) is 33.7. The number of aryl methyl sites for hydroxylation is 1. The number of carbonyl (C=O) groups excluding carboxylic acids is 1. The molecule has 64 heavy (non-hydrogen) atoms. The number of hydrogen-bond acceptors (Lipinski definition) is 8. The minimum absolute atomic E-state index is 0.000444. The van der Waals surface area contributed by atoms with Crippen molar-refractivity contribution in [2.24, 2.45) is 18.9 Å². The van der Waals surface area contributed by atoms with Crippen LogP contribution < -0.4 is 15.6 Å². The maximum absolute atomic E-state index is 15.6. The number of halogens is 7. The minimum Gasteiger partial charge on any atom is -0.344 e. The Bertz CT molecular complexity index is 3250. The van der Waals surface area contributed by atoms with Gasteiger partial charge < -0.3 is 5.32 Å². The van der Waals surface area contributed by atoms with Crippen LogP contribution >= 0.6 is 11.6 Å². The lowest BCUT2D eigenvalue weighted by atomic mass is 10.0. The van der Waals surface area contributed by atoms with Gasteiger partial charge in [-0.2, -0.15) is 24.1 Å². The summed E-state index contributed by atoms with van der Waals surface area (Å²) in [6.07, 6.45) is 1.30. The minimum atomic E-state index is -3.91. The standard InChI is InChI=1S/C42H35ClF6N10O4S/c1-56-36-31(8-7-27(43)34(36)39(54-56)55-64(2,62)63)59-40(51-29-14-21(5-6-24(29)41(59)61)28-9-10-57(52-28)17-19-3-4-19)30(13-20-11-22(44)15-23(45)12-20)50-32(60)18-58-37-33(35(53-58)38(46)47)25-16-26(25)42(37,48)49/h5-12,14-15,19,25-26,30,38H,3-4,13,16-18H2,1-2H3,(H,50,60)(H,54,55)/t25-,26+,30+/m1/s1. The smallest absolute Gasteiger partial charge is 0.293 e. The van der Waals surface area contributed by atoms with E-state index < -0.39 is 87.7 Å². The van der Waals surface area contributed by atoms with Crippen LogP contribution in [-0.4, -0.2) is 59.5 Å². The summed E-state index contributed by atoms with van der Waals surface area (Å²) in [6.45, 7) is -0.242. The lowest BCUT2D eigenvalue weighted by Gasteiger charge is -2.24. The zero-order valence-corrected chi connectivity index (χ0v) is 35.2. The predicted octanol–water partition coefficient (Wildman–Crippen LogP) is 7.29. The Labute approximate surface area is 363 Å². The molecule has 0 aliphatic heterocycles. The number of hydrogen-bond donors (Lipinski definition) is 2. The summed E-state index contributed by atoms with van der Waals surface area (Å²) in [5, 5.41) is 15.7. The molecule has 3 aromatic carbocycles. The summed E-state index contributed by atoms with van der Waals surface area (Å²) in [7, 11) is -2.44. The number of anilines is 1. The van der Waals surface area contributed by atoms with Gasteiger partial charge in [-0.3, -0.25) is 32.9 Å². The maximum Gasteiger partial charge on any atom is 0.293 e. The van der Waals surface area contributed by atoms with Gasteiger partial charge in [-0.05, 0) is 79.1 Å². The number of carbonyl (C=O) groups is 1. The molecule has 7 aromatic rings. The van der Waals surface area contributed by atoms with Gasteiger partial charge >= 0.3 is 0 Å². The summed E-state index contributed by atoms with van der Waals surface area (Å²) in [5.41, 5.74) is -1.25. The summed E-state index contributed by atoms with van der Waals surface area (Å²) >= 11 is 6.65. The van der Waals surface area contributed by atoms with Crippen molar-refractivity contribution >= 4 is 55.2 Å². The van der Waals surface area contributed by atoms with Crippen LogP contribution in [0.5, 0.6) is 0 Å². The van der Waals surface area contributed by atoms with Crippen LogP contribution in [0.15, 0.2) is 65.6 Å². The fourth-order valence-electron chi connectivity index (χ4n) is 8.92. The largest absolute Gasteiger partial charge is 0.344 e. The van der Waals surface area contributed by atoms with Gasteiger partial charge in [-0.25, -0.2) is 31.0 Å². The highest BCUT2D eigenvalue weighted by Gasteiger charge is 2.67. The first-order valence-corrected chi connectivity index (χ1v) is 22.4. The second-order valence-electron chi connectivity index (χ2n) is 16.6. The maximum atomic E-state index is 15.6. The highest BCUT2D eigenvalue weighted by atomic mass is 35.5. The van der Waals surface area contributed by atoms with Gasteiger partial charge in [0.15, 0.2) is 5.82 Å². The highest BCUT2D eigenvalue weighted by molar-refractivity contribution is 7.92. The number of fused-ring (bicyclic) bond motifs is 5. The van der Waals surface area contributed by atoms with Crippen molar-refractivity contribution in [3.05, 3.63) is 116 Å². The monoisotopic (exact) mass is 924 g/mol. The number of nitrogens with one attached hydrogen (secondary N) is 2. The molecule has 0 spiro atoms. The summed E-state index contributed by atoms with van der Waals surface area (Å²) in [4.78, 5) is 34.2. The normalized spacial score (nSPS) is 18.2. The topological polar surface area (TPSA) is 164 Å². The van der Waals surface area contributed by atoms with Gasteiger partial charge in [-0.1, -0.05) is 17.7 Å². The van der Waals surface area contributed by atoms with E-state index >= 15 is 13.6 Å². The van der Waals surface area contributed by atoms with E-state index in [9.17, 15) is 30.8 Å². The Kier molecular flexibility index (Phi) is 9.74. The zero-order chi connectivity index (χ0) is 45.1. The highest BCUT2D eigenvalue weighted by Crippen LogP contribution is 2.68. The third-order valence-electron chi connectivity index (χ3n) is 11.9. The van der Waals surface area contributed by atoms with Gasteiger partial charge in [-0.15, -0.1) is 0 Å². The molecule has 22 heteroatoms. The van der Waals surface area contributed by atoms with Crippen molar-refractivity contribution < 1.29 is 39.6 Å². The molecule has 0 bridgehead atoms. The van der Waals surface area contributed by atoms with Crippen molar-refractivity contribution in [1.82, 2.24) is 44.2 Å². The predicted molar refractivity (Wildman–Crippen MR) is 222 cm³/mol. The van der Waals surface area contributed by atoms with Crippen molar-refractivity contribution in [1.29, 1.82) is 0 Å². The van der Waals surface area contributed by atoms with Crippen LogP contribution in [0.1, 0.15) is 66.0 Å². The van der Waals surface area contributed by atoms with Crippen LogP contribution in [0.2, 0.25) is 5.02 Å². The first kappa shape index (κ1) is 41.8. The van der Waals surface area contributed by atoms with Crippen molar-refractivity contribution in [2.75, 3.05) is 11.0 Å². The molecule has 3 aliphatic carbocycles. The van der Waals surface area contributed by atoms with Crippen molar-refractivity contribution in [3.63, 3.8) is 0 Å². The third-order valence-corrected chi connectivity index (χ3v) is 12.8. The van der Waals surface area contributed by atoms with E-state index in [1.54, 1.807) is 18.2 Å². The second kappa shape index (κ2) is 14.9. The van der Waals surface area contributed by atoms with Gasteiger partial charge in [0.1, 0.15) is 35.4 Å². The van der Waals surface area contributed by atoms with Crippen LogP contribution in [0.25, 0.3) is 38.8 Å². The molecule has 4 heterocycles. The van der Waals surface area contributed by atoms with E-state index in [1.165, 1.54) is 29.9 Å². The Balaban J connectivity index is 1.16. The number of rotatable bonds is 13. The number of sulfonamides is 1. The summed E-state index contributed by atoms with van der Waals surface area (Å²) in [5.74, 6) is -8.43. The lowest BCUT2D eigenvalue weighted by Crippen LogP contribution is -2.38. The van der Waals surface area contributed by atoms with Crippen LogP contribution in [0.4, 0.5) is 32.2 Å². The Morgan fingerprint density at radius 1 is 1.02 bits per heavy atom. The fraction of sp³-hybridized carbons (Fsp3) is 0.333. The number of alkyl halides is 4. The first-order chi connectivity index (χ1) is 30.3. The van der Waals surface area contributed by atoms with Gasteiger partial charge in [0.25, 0.3) is 17.9 Å².